The van der Waals surface area contributed by atoms with Gasteiger partial charge in [0, 0.05) is 13.1 Å². The van der Waals surface area contributed by atoms with Crippen molar-refractivity contribution in [2.45, 2.75) is 39.7 Å². The summed E-state index contributed by atoms with van der Waals surface area (Å²) in [5.41, 5.74) is 8.69. The summed E-state index contributed by atoms with van der Waals surface area (Å²) in [7, 11) is 0. The Balaban J connectivity index is 0.00000200. The summed E-state index contributed by atoms with van der Waals surface area (Å²) in [4.78, 5) is 2.55. The molecular weight excluding hydrogens is 268 g/mol. The Bertz CT molecular complexity index is 375. The quantitative estimate of drug-likeness (QED) is 0.901. The number of halogens is 1. The standard InChI is InChI=1S/C17H28N2.ClH/c1-14(2)10-15-5-7-16(8-6-15)12-19-9-3-4-17(11-18)13-19;/h5-8,14,17H,3-4,9-13,18H2,1-2H3;1H. The molecule has 0 saturated carbocycles. The predicted molar refractivity (Wildman–Crippen MR) is 89.3 cm³/mol. The minimum absolute atomic E-state index is 0. The molecule has 1 atom stereocenters. The maximum Gasteiger partial charge on any atom is 0.0233 e. The molecule has 2 rings (SSSR count). The van der Waals surface area contributed by atoms with Gasteiger partial charge < -0.3 is 5.73 Å². The molecule has 2 nitrogen and oxygen atoms in total. The number of likely N-dealkylation sites (tertiary alicyclic amines) is 1. The van der Waals surface area contributed by atoms with Crippen molar-refractivity contribution in [3.63, 3.8) is 0 Å². The van der Waals surface area contributed by atoms with Gasteiger partial charge in [-0.1, -0.05) is 38.1 Å². The molecule has 20 heavy (non-hydrogen) atoms. The molecule has 114 valence electrons. The topological polar surface area (TPSA) is 29.3 Å². The zero-order valence-electron chi connectivity index (χ0n) is 12.8. The highest BCUT2D eigenvalue weighted by molar-refractivity contribution is 5.85. The second-order valence-electron chi connectivity index (χ2n) is 6.39. The molecular formula is C17H29ClN2. The molecule has 0 bridgehead atoms. The summed E-state index contributed by atoms with van der Waals surface area (Å²) < 4.78 is 0. The van der Waals surface area contributed by atoms with E-state index in [9.17, 15) is 0 Å². The van der Waals surface area contributed by atoms with Gasteiger partial charge in [-0.2, -0.15) is 0 Å². The number of benzene rings is 1. The summed E-state index contributed by atoms with van der Waals surface area (Å²) in [5, 5.41) is 0. The smallest absolute Gasteiger partial charge is 0.0233 e. The van der Waals surface area contributed by atoms with Crippen LogP contribution in [0.4, 0.5) is 0 Å². The second-order valence-corrected chi connectivity index (χ2v) is 6.39. The molecule has 3 heteroatoms. The van der Waals surface area contributed by atoms with Gasteiger partial charge >= 0.3 is 0 Å². The molecule has 1 aliphatic rings. The van der Waals surface area contributed by atoms with Crippen LogP contribution in [0.2, 0.25) is 0 Å². The first-order valence-electron chi connectivity index (χ1n) is 7.67. The van der Waals surface area contributed by atoms with Crippen molar-refractivity contribution in [1.29, 1.82) is 0 Å². The maximum absolute atomic E-state index is 5.80. The van der Waals surface area contributed by atoms with Crippen LogP contribution < -0.4 is 5.73 Å². The van der Waals surface area contributed by atoms with E-state index in [1.165, 1.54) is 43.5 Å². The van der Waals surface area contributed by atoms with Crippen LogP contribution in [0.5, 0.6) is 0 Å². The van der Waals surface area contributed by atoms with E-state index in [1.54, 1.807) is 0 Å². The van der Waals surface area contributed by atoms with Crippen LogP contribution in [0.1, 0.15) is 37.8 Å². The van der Waals surface area contributed by atoms with E-state index in [0.717, 1.165) is 19.0 Å². The van der Waals surface area contributed by atoms with Crippen LogP contribution >= 0.6 is 12.4 Å². The molecule has 0 spiro atoms. The number of hydrogen-bond donors (Lipinski definition) is 1. The van der Waals surface area contributed by atoms with E-state index in [-0.39, 0.29) is 12.4 Å². The lowest BCUT2D eigenvalue weighted by molar-refractivity contribution is 0.171. The largest absolute Gasteiger partial charge is 0.330 e. The van der Waals surface area contributed by atoms with Crippen molar-refractivity contribution in [2.75, 3.05) is 19.6 Å². The first kappa shape index (κ1) is 17.5. The third kappa shape index (κ3) is 5.43. The highest BCUT2D eigenvalue weighted by atomic mass is 35.5. The number of hydrogen-bond acceptors (Lipinski definition) is 2. The Kier molecular flexibility index (Phi) is 7.57. The Morgan fingerprint density at radius 3 is 2.45 bits per heavy atom. The SMILES string of the molecule is CC(C)Cc1ccc(CN2CCCC(CN)C2)cc1.Cl. The lowest BCUT2D eigenvalue weighted by atomic mass is 9.97. The van der Waals surface area contributed by atoms with Crippen LogP contribution in [0.25, 0.3) is 0 Å². The fourth-order valence-corrected chi connectivity index (χ4v) is 3.00. The van der Waals surface area contributed by atoms with Crippen LogP contribution in [0.15, 0.2) is 24.3 Å². The molecule has 1 heterocycles. The van der Waals surface area contributed by atoms with Gasteiger partial charge in [-0.05, 0) is 55.3 Å². The molecule has 0 aliphatic carbocycles. The average Bonchev–Trinajstić information content (AvgIpc) is 2.41. The van der Waals surface area contributed by atoms with Crippen LogP contribution in [-0.2, 0) is 13.0 Å². The van der Waals surface area contributed by atoms with Crippen molar-refractivity contribution in [3.05, 3.63) is 35.4 Å². The molecule has 1 fully saturated rings. The second kappa shape index (κ2) is 8.66. The summed E-state index contributed by atoms with van der Waals surface area (Å²) >= 11 is 0. The zero-order valence-corrected chi connectivity index (χ0v) is 13.7. The van der Waals surface area contributed by atoms with E-state index in [1.807, 2.05) is 0 Å². The highest BCUT2D eigenvalue weighted by Gasteiger charge is 2.18. The van der Waals surface area contributed by atoms with Crippen molar-refractivity contribution in [2.24, 2.45) is 17.6 Å². The van der Waals surface area contributed by atoms with Gasteiger partial charge in [0.05, 0.1) is 0 Å². The fourth-order valence-electron chi connectivity index (χ4n) is 3.00. The van der Waals surface area contributed by atoms with E-state index < -0.39 is 0 Å². The minimum atomic E-state index is 0. The maximum atomic E-state index is 5.80. The number of piperidine rings is 1. The predicted octanol–water partition coefficient (Wildman–Crippen LogP) is 3.48. The van der Waals surface area contributed by atoms with Crippen molar-refractivity contribution < 1.29 is 0 Å². The van der Waals surface area contributed by atoms with Crippen molar-refractivity contribution in [1.82, 2.24) is 4.90 Å². The van der Waals surface area contributed by atoms with Crippen molar-refractivity contribution >= 4 is 12.4 Å². The van der Waals surface area contributed by atoms with E-state index >= 15 is 0 Å². The normalized spacial score (nSPS) is 19.9. The Morgan fingerprint density at radius 1 is 1.20 bits per heavy atom. The van der Waals surface area contributed by atoms with E-state index in [2.05, 4.69) is 43.0 Å². The highest BCUT2D eigenvalue weighted by Crippen LogP contribution is 2.18. The van der Waals surface area contributed by atoms with Gasteiger partial charge in [0.1, 0.15) is 0 Å². The first-order chi connectivity index (χ1) is 9.17. The third-order valence-electron chi connectivity index (χ3n) is 4.01. The fraction of sp³-hybridized carbons (Fsp3) is 0.647. The third-order valence-corrected chi connectivity index (χ3v) is 4.01. The molecule has 1 aromatic carbocycles. The minimum Gasteiger partial charge on any atom is -0.330 e. The molecule has 0 radical (unpaired) electrons. The summed E-state index contributed by atoms with van der Waals surface area (Å²) in [6.45, 7) is 8.86. The number of nitrogens with two attached hydrogens (primary N) is 1. The summed E-state index contributed by atoms with van der Waals surface area (Å²) in [5.74, 6) is 1.44. The first-order valence-corrected chi connectivity index (χ1v) is 7.67. The van der Waals surface area contributed by atoms with Gasteiger partial charge in [0.25, 0.3) is 0 Å². The molecule has 1 unspecified atom stereocenters. The summed E-state index contributed by atoms with van der Waals surface area (Å²) in [6.07, 6.45) is 3.78. The Hall–Kier alpha value is -0.570. The monoisotopic (exact) mass is 296 g/mol. The Morgan fingerprint density at radius 2 is 1.85 bits per heavy atom. The van der Waals surface area contributed by atoms with Crippen LogP contribution in [0.3, 0.4) is 0 Å². The van der Waals surface area contributed by atoms with Gasteiger partial charge in [-0.3, -0.25) is 4.90 Å². The van der Waals surface area contributed by atoms with Gasteiger partial charge in [-0.25, -0.2) is 0 Å². The van der Waals surface area contributed by atoms with E-state index in [0.29, 0.717) is 5.92 Å². The van der Waals surface area contributed by atoms with Crippen molar-refractivity contribution in [3.8, 4) is 0 Å². The molecule has 0 amide bonds. The van der Waals surface area contributed by atoms with E-state index in [4.69, 9.17) is 5.73 Å². The molecule has 1 aromatic rings. The molecule has 0 aromatic heterocycles. The lowest BCUT2D eigenvalue weighted by Gasteiger charge is -2.32. The molecule has 1 aliphatic heterocycles. The average molecular weight is 297 g/mol. The lowest BCUT2D eigenvalue weighted by Crippen LogP contribution is -2.37. The van der Waals surface area contributed by atoms with Gasteiger partial charge in [0.15, 0.2) is 0 Å². The van der Waals surface area contributed by atoms with Crippen LogP contribution in [0, 0.1) is 11.8 Å². The van der Waals surface area contributed by atoms with Gasteiger partial charge in [0.2, 0.25) is 0 Å². The van der Waals surface area contributed by atoms with Crippen LogP contribution in [-0.4, -0.2) is 24.5 Å². The Labute approximate surface area is 130 Å². The molecule has 1 saturated heterocycles. The number of rotatable bonds is 5. The summed E-state index contributed by atoms with van der Waals surface area (Å²) in [6, 6.07) is 9.17. The number of nitrogens with zero attached hydrogens (tertiary/aromatic N) is 1. The van der Waals surface area contributed by atoms with Gasteiger partial charge in [-0.15, -0.1) is 12.4 Å². The zero-order chi connectivity index (χ0) is 13.7. The molecule has 2 N–H and O–H groups in total.